The first-order valence-electron chi connectivity index (χ1n) is 9.63. The highest BCUT2D eigenvalue weighted by Gasteiger charge is 2.18. The van der Waals surface area contributed by atoms with Gasteiger partial charge in [-0.05, 0) is 60.7 Å². The lowest BCUT2D eigenvalue weighted by atomic mass is 10.2. The topological polar surface area (TPSA) is 72.1 Å². The van der Waals surface area contributed by atoms with Gasteiger partial charge in [0.05, 0.1) is 12.2 Å². The fourth-order valence-electron chi connectivity index (χ4n) is 3.02. The lowest BCUT2D eigenvalue weighted by Crippen LogP contribution is -2.31. The molecular weight excluding hydrogens is 480 g/mol. The Labute approximate surface area is 193 Å². The summed E-state index contributed by atoms with van der Waals surface area (Å²) in [4.78, 5) is 23.6. The van der Waals surface area contributed by atoms with Crippen molar-refractivity contribution in [3.05, 3.63) is 94.0 Å². The van der Waals surface area contributed by atoms with E-state index in [1.807, 2.05) is 54.6 Å². The SMILES string of the molecule is O=C(CCc1nc(-c2ccc(Cl)cc2)no1)N(Cc1ccccn1)c1ccc(Br)cc1. The normalized spacial score (nSPS) is 10.8. The number of halogens is 2. The number of anilines is 1. The van der Waals surface area contributed by atoms with E-state index < -0.39 is 0 Å². The van der Waals surface area contributed by atoms with Crippen LogP contribution in [0.1, 0.15) is 18.0 Å². The first-order valence-corrected chi connectivity index (χ1v) is 10.8. The van der Waals surface area contributed by atoms with Crippen molar-refractivity contribution in [2.24, 2.45) is 0 Å². The van der Waals surface area contributed by atoms with Crippen LogP contribution in [0.4, 0.5) is 5.69 Å². The Balaban J connectivity index is 1.47. The van der Waals surface area contributed by atoms with E-state index in [0.29, 0.717) is 29.7 Å². The number of nitrogens with zero attached hydrogens (tertiary/aromatic N) is 4. The average molecular weight is 498 g/mol. The maximum atomic E-state index is 13.1. The number of rotatable bonds is 7. The van der Waals surface area contributed by atoms with Crippen LogP contribution in [-0.2, 0) is 17.8 Å². The Hall–Kier alpha value is -3.03. The summed E-state index contributed by atoms with van der Waals surface area (Å²) in [5, 5.41) is 4.64. The maximum absolute atomic E-state index is 13.1. The molecule has 0 atom stereocenters. The molecule has 8 heteroatoms. The molecule has 1 amide bonds. The quantitative estimate of drug-likeness (QED) is 0.327. The molecule has 4 rings (SSSR count). The fraction of sp³-hybridized carbons (Fsp3) is 0.130. The zero-order valence-corrected chi connectivity index (χ0v) is 18.8. The highest BCUT2D eigenvalue weighted by atomic mass is 79.9. The van der Waals surface area contributed by atoms with Gasteiger partial charge >= 0.3 is 0 Å². The molecule has 0 saturated carbocycles. The molecule has 0 aliphatic rings. The molecular formula is C23H18BrClN4O2. The molecule has 0 fully saturated rings. The standard InChI is InChI=1S/C23H18BrClN4O2/c24-17-6-10-20(11-7-17)29(15-19-3-1-2-14-26-19)22(30)13-12-21-27-23(28-31-21)16-4-8-18(25)9-5-16/h1-11,14H,12-13,15H2. The second-order valence-corrected chi connectivity index (χ2v) is 8.15. The number of aryl methyl sites for hydroxylation is 1. The Morgan fingerprint density at radius 3 is 2.52 bits per heavy atom. The van der Waals surface area contributed by atoms with Crippen molar-refractivity contribution in [2.45, 2.75) is 19.4 Å². The van der Waals surface area contributed by atoms with Crippen molar-refractivity contribution in [1.82, 2.24) is 15.1 Å². The minimum atomic E-state index is -0.0563. The highest BCUT2D eigenvalue weighted by Crippen LogP contribution is 2.22. The van der Waals surface area contributed by atoms with E-state index in [1.54, 1.807) is 23.2 Å². The van der Waals surface area contributed by atoms with Crippen molar-refractivity contribution in [2.75, 3.05) is 4.90 Å². The van der Waals surface area contributed by atoms with Crippen LogP contribution in [0.5, 0.6) is 0 Å². The van der Waals surface area contributed by atoms with Gasteiger partial charge in [0, 0.05) is 39.8 Å². The van der Waals surface area contributed by atoms with Gasteiger partial charge in [-0.2, -0.15) is 4.98 Å². The van der Waals surface area contributed by atoms with Gasteiger partial charge in [-0.15, -0.1) is 0 Å². The summed E-state index contributed by atoms with van der Waals surface area (Å²) in [6.07, 6.45) is 2.29. The smallest absolute Gasteiger partial charge is 0.227 e. The fourth-order valence-corrected chi connectivity index (χ4v) is 3.41. The van der Waals surface area contributed by atoms with Gasteiger partial charge < -0.3 is 9.42 Å². The summed E-state index contributed by atoms with van der Waals surface area (Å²) in [6.45, 7) is 0.376. The third-order valence-electron chi connectivity index (χ3n) is 4.61. The Morgan fingerprint density at radius 2 is 1.81 bits per heavy atom. The van der Waals surface area contributed by atoms with E-state index in [2.05, 4.69) is 31.1 Å². The van der Waals surface area contributed by atoms with Crippen LogP contribution < -0.4 is 4.90 Å². The molecule has 0 unspecified atom stereocenters. The van der Waals surface area contributed by atoms with E-state index in [-0.39, 0.29) is 12.3 Å². The van der Waals surface area contributed by atoms with Gasteiger partial charge in [0.25, 0.3) is 0 Å². The van der Waals surface area contributed by atoms with Gasteiger partial charge in [0.1, 0.15) is 0 Å². The molecule has 0 spiro atoms. The molecule has 0 N–H and O–H groups in total. The Kier molecular flexibility index (Phi) is 6.74. The van der Waals surface area contributed by atoms with Crippen LogP contribution in [0.2, 0.25) is 5.02 Å². The van der Waals surface area contributed by atoms with Gasteiger partial charge in [-0.3, -0.25) is 9.78 Å². The number of aromatic nitrogens is 3. The summed E-state index contributed by atoms with van der Waals surface area (Å²) in [6, 6.07) is 20.5. The van der Waals surface area contributed by atoms with Crippen LogP contribution in [0.25, 0.3) is 11.4 Å². The van der Waals surface area contributed by atoms with E-state index >= 15 is 0 Å². The number of pyridine rings is 1. The van der Waals surface area contributed by atoms with Crippen LogP contribution in [0.3, 0.4) is 0 Å². The predicted molar refractivity (Wildman–Crippen MR) is 123 cm³/mol. The second-order valence-electron chi connectivity index (χ2n) is 6.80. The monoisotopic (exact) mass is 496 g/mol. The van der Waals surface area contributed by atoms with Crippen LogP contribution >= 0.6 is 27.5 Å². The molecule has 0 saturated heterocycles. The number of hydrogen-bond acceptors (Lipinski definition) is 5. The largest absolute Gasteiger partial charge is 0.339 e. The highest BCUT2D eigenvalue weighted by molar-refractivity contribution is 9.10. The second kappa shape index (κ2) is 9.85. The third-order valence-corrected chi connectivity index (χ3v) is 5.39. The van der Waals surface area contributed by atoms with E-state index in [9.17, 15) is 4.79 Å². The van der Waals surface area contributed by atoms with Gasteiger partial charge in [-0.1, -0.05) is 38.8 Å². The molecule has 0 radical (unpaired) electrons. The maximum Gasteiger partial charge on any atom is 0.227 e. The van der Waals surface area contributed by atoms with Gasteiger partial charge in [-0.25, -0.2) is 0 Å². The summed E-state index contributed by atoms with van der Waals surface area (Å²) >= 11 is 9.36. The number of carbonyl (C=O) groups excluding carboxylic acids is 1. The number of hydrogen-bond donors (Lipinski definition) is 0. The molecule has 6 nitrogen and oxygen atoms in total. The van der Waals surface area contributed by atoms with Gasteiger partial charge in [0.2, 0.25) is 17.6 Å². The minimum Gasteiger partial charge on any atom is -0.339 e. The first kappa shape index (κ1) is 21.2. The molecule has 0 aliphatic heterocycles. The van der Waals surface area contributed by atoms with Crippen LogP contribution in [0.15, 0.2) is 81.9 Å². The predicted octanol–water partition coefficient (Wildman–Crippen LogP) is 5.71. The molecule has 2 aromatic heterocycles. The zero-order chi connectivity index (χ0) is 21.6. The van der Waals surface area contributed by atoms with E-state index in [1.165, 1.54) is 0 Å². The molecule has 4 aromatic rings. The lowest BCUT2D eigenvalue weighted by molar-refractivity contribution is -0.118. The molecule has 0 aliphatic carbocycles. The van der Waals surface area contributed by atoms with Crippen molar-refractivity contribution in [1.29, 1.82) is 0 Å². The molecule has 2 heterocycles. The van der Waals surface area contributed by atoms with E-state index in [4.69, 9.17) is 16.1 Å². The summed E-state index contributed by atoms with van der Waals surface area (Å²) in [5.41, 5.74) is 2.41. The van der Waals surface area contributed by atoms with E-state index in [0.717, 1.165) is 21.4 Å². The van der Waals surface area contributed by atoms with Crippen molar-refractivity contribution < 1.29 is 9.32 Å². The van der Waals surface area contributed by atoms with Gasteiger partial charge in [0.15, 0.2) is 0 Å². The molecule has 31 heavy (non-hydrogen) atoms. The summed E-state index contributed by atoms with van der Waals surface area (Å²) in [7, 11) is 0. The first-order chi connectivity index (χ1) is 15.1. The van der Waals surface area contributed by atoms with Crippen molar-refractivity contribution >= 4 is 39.1 Å². The van der Waals surface area contributed by atoms with Crippen molar-refractivity contribution in [3.63, 3.8) is 0 Å². The average Bonchev–Trinajstić information content (AvgIpc) is 3.27. The third kappa shape index (κ3) is 5.57. The summed E-state index contributed by atoms with van der Waals surface area (Å²) in [5.74, 6) is 0.823. The molecule has 0 bridgehead atoms. The van der Waals surface area contributed by atoms with Crippen molar-refractivity contribution in [3.8, 4) is 11.4 Å². The number of carbonyl (C=O) groups is 1. The lowest BCUT2D eigenvalue weighted by Gasteiger charge is -2.22. The summed E-state index contributed by atoms with van der Waals surface area (Å²) < 4.78 is 6.28. The molecule has 156 valence electrons. The van der Waals surface area contributed by atoms with Crippen LogP contribution in [-0.4, -0.2) is 21.0 Å². The number of amides is 1. The molecule has 2 aromatic carbocycles. The number of benzene rings is 2. The minimum absolute atomic E-state index is 0.0563. The Bertz CT molecular complexity index is 1150. The van der Waals surface area contributed by atoms with Crippen LogP contribution in [0, 0.1) is 0 Å². The zero-order valence-electron chi connectivity index (χ0n) is 16.4. The Morgan fingerprint density at radius 1 is 1.03 bits per heavy atom.